The van der Waals surface area contributed by atoms with Crippen molar-refractivity contribution in [1.82, 2.24) is 10.2 Å². The van der Waals surface area contributed by atoms with Gasteiger partial charge in [-0.3, -0.25) is 19.8 Å². The van der Waals surface area contributed by atoms with Gasteiger partial charge in [-0.05, 0) is 31.1 Å². The monoisotopic (exact) mass is 224 g/mol. The van der Waals surface area contributed by atoms with E-state index in [2.05, 4.69) is 13.8 Å². The van der Waals surface area contributed by atoms with Crippen LogP contribution >= 0.6 is 0 Å². The summed E-state index contributed by atoms with van der Waals surface area (Å²) in [6, 6.07) is -0.668. The van der Waals surface area contributed by atoms with Crippen LogP contribution in [0.5, 0.6) is 0 Å². The van der Waals surface area contributed by atoms with Gasteiger partial charge in [-0.25, -0.2) is 4.79 Å². The Hall–Kier alpha value is -1.39. The maximum Gasteiger partial charge on any atom is 0.331 e. The van der Waals surface area contributed by atoms with E-state index in [9.17, 15) is 14.4 Å². The smallest absolute Gasteiger partial charge is 0.269 e. The molecular formula is C11H16N2O3. The predicted molar refractivity (Wildman–Crippen MR) is 56.4 cm³/mol. The summed E-state index contributed by atoms with van der Waals surface area (Å²) in [7, 11) is 0. The second kappa shape index (κ2) is 3.88. The number of carbonyl (C=O) groups excluding carboxylic acids is 3. The average Bonchev–Trinajstić information content (AvgIpc) is 2.39. The molecule has 1 heterocycles. The lowest BCUT2D eigenvalue weighted by molar-refractivity contribution is -0.141. The molecule has 88 valence electrons. The fourth-order valence-corrected chi connectivity index (χ4v) is 2.86. The largest absolute Gasteiger partial charge is 0.331 e. The van der Waals surface area contributed by atoms with E-state index < -0.39 is 17.8 Å². The molecule has 5 nitrogen and oxygen atoms in total. The predicted octanol–water partition coefficient (Wildman–Crippen LogP) is 0.889. The lowest BCUT2D eigenvalue weighted by atomic mass is 9.80. The Balaban J connectivity index is 2.15. The van der Waals surface area contributed by atoms with Crippen molar-refractivity contribution in [3.63, 3.8) is 0 Å². The molecule has 0 bridgehead atoms. The molecule has 1 N–H and O–H groups in total. The first kappa shape index (κ1) is 11.1. The minimum absolute atomic E-state index is 0.113. The number of carbonyl (C=O) groups is 3. The van der Waals surface area contributed by atoms with Gasteiger partial charge < -0.3 is 0 Å². The number of hydrogen-bond acceptors (Lipinski definition) is 3. The number of amides is 4. The first-order valence-corrected chi connectivity index (χ1v) is 5.67. The highest BCUT2D eigenvalue weighted by molar-refractivity contribution is 6.44. The summed E-state index contributed by atoms with van der Waals surface area (Å²) in [6.07, 6.45) is 2.72. The summed E-state index contributed by atoms with van der Waals surface area (Å²) in [6.45, 7) is 4.23. The van der Waals surface area contributed by atoms with Gasteiger partial charge in [0.05, 0.1) is 0 Å². The van der Waals surface area contributed by atoms with E-state index in [1.807, 2.05) is 5.32 Å². The van der Waals surface area contributed by atoms with Gasteiger partial charge in [-0.1, -0.05) is 13.8 Å². The zero-order valence-corrected chi connectivity index (χ0v) is 9.53. The van der Waals surface area contributed by atoms with Crippen molar-refractivity contribution in [1.29, 1.82) is 0 Å². The summed E-state index contributed by atoms with van der Waals surface area (Å²) < 4.78 is 0. The van der Waals surface area contributed by atoms with Crippen LogP contribution in [0.1, 0.15) is 33.1 Å². The van der Waals surface area contributed by atoms with Crippen LogP contribution in [0.3, 0.4) is 0 Å². The highest BCUT2D eigenvalue weighted by Crippen LogP contribution is 2.32. The number of rotatable bonds is 1. The van der Waals surface area contributed by atoms with Gasteiger partial charge in [0, 0.05) is 6.04 Å². The van der Waals surface area contributed by atoms with Crippen molar-refractivity contribution in [3.05, 3.63) is 0 Å². The third kappa shape index (κ3) is 1.81. The number of hydrogen-bond donors (Lipinski definition) is 1. The Morgan fingerprint density at radius 3 is 2.06 bits per heavy atom. The maximum atomic E-state index is 11.5. The van der Waals surface area contributed by atoms with Gasteiger partial charge in [0.2, 0.25) is 0 Å². The molecule has 2 aliphatic rings. The van der Waals surface area contributed by atoms with Crippen molar-refractivity contribution < 1.29 is 14.4 Å². The standard InChI is InChI=1S/C11H16N2O3/c1-6-3-7(2)5-8(4-6)13-10(15)9(14)12-11(13)16/h6-8H,3-5H2,1-2H3,(H,12,14,16). The Morgan fingerprint density at radius 1 is 1.06 bits per heavy atom. The van der Waals surface area contributed by atoms with Crippen molar-refractivity contribution in [3.8, 4) is 0 Å². The summed E-state index contributed by atoms with van der Waals surface area (Å²) in [5, 5.41) is 2.04. The third-order valence-electron chi connectivity index (χ3n) is 3.37. The molecule has 0 aromatic heterocycles. The van der Waals surface area contributed by atoms with Crippen LogP contribution in [0.25, 0.3) is 0 Å². The van der Waals surface area contributed by atoms with Gasteiger partial charge in [0.25, 0.3) is 0 Å². The molecular weight excluding hydrogens is 208 g/mol. The zero-order chi connectivity index (χ0) is 11.9. The molecule has 2 fully saturated rings. The molecule has 2 rings (SSSR count). The van der Waals surface area contributed by atoms with E-state index in [0.29, 0.717) is 11.8 Å². The summed E-state index contributed by atoms with van der Waals surface area (Å²) in [5.41, 5.74) is 0. The first-order valence-electron chi connectivity index (χ1n) is 5.67. The van der Waals surface area contributed by atoms with Gasteiger partial charge in [-0.2, -0.15) is 0 Å². The van der Waals surface area contributed by atoms with Crippen molar-refractivity contribution in [2.24, 2.45) is 11.8 Å². The van der Waals surface area contributed by atoms with E-state index in [0.717, 1.165) is 24.2 Å². The van der Waals surface area contributed by atoms with Crippen LogP contribution in [-0.4, -0.2) is 28.8 Å². The van der Waals surface area contributed by atoms with E-state index in [1.54, 1.807) is 0 Å². The quantitative estimate of drug-likeness (QED) is 0.531. The molecule has 0 radical (unpaired) electrons. The molecule has 2 unspecified atom stereocenters. The van der Waals surface area contributed by atoms with E-state index in [1.165, 1.54) is 0 Å². The minimum atomic E-state index is -0.795. The number of nitrogens with zero attached hydrogens (tertiary/aromatic N) is 1. The van der Waals surface area contributed by atoms with Crippen molar-refractivity contribution >= 4 is 17.8 Å². The molecule has 0 spiro atoms. The molecule has 1 aliphatic carbocycles. The van der Waals surface area contributed by atoms with Crippen molar-refractivity contribution in [2.45, 2.75) is 39.2 Å². The second-order valence-corrected chi connectivity index (χ2v) is 5.01. The first-order chi connectivity index (χ1) is 7.49. The number of imide groups is 2. The summed E-state index contributed by atoms with van der Waals surface area (Å²) >= 11 is 0. The van der Waals surface area contributed by atoms with Gasteiger partial charge >= 0.3 is 17.8 Å². The van der Waals surface area contributed by atoms with E-state index in [4.69, 9.17) is 0 Å². The topological polar surface area (TPSA) is 66.5 Å². The number of urea groups is 1. The zero-order valence-electron chi connectivity index (χ0n) is 9.53. The second-order valence-electron chi connectivity index (χ2n) is 5.01. The molecule has 16 heavy (non-hydrogen) atoms. The molecule has 0 aromatic rings. The Morgan fingerprint density at radius 2 is 1.62 bits per heavy atom. The fraction of sp³-hybridized carbons (Fsp3) is 0.727. The molecule has 1 saturated heterocycles. The van der Waals surface area contributed by atoms with Crippen molar-refractivity contribution in [2.75, 3.05) is 0 Å². The highest BCUT2D eigenvalue weighted by atomic mass is 16.2. The van der Waals surface area contributed by atoms with Crippen LogP contribution in [0, 0.1) is 11.8 Å². The normalized spacial score (nSPS) is 35.5. The Kier molecular flexibility index (Phi) is 2.69. The van der Waals surface area contributed by atoms with Gasteiger partial charge in [0.1, 0.15) is 0 Å². The van der Waals surface area contributed by atoms with E-state index in [-0.39, 0.29) is 6.04 Å². The number of nitrogens with one attached hydrogen (secondary N) is 1. The molecule has 0 aromatic carbocycles. The minimum Gasteiger partial charge on any atom is -0.269 e. The maximum absolute atomic E-state index is 11.5. The van der Waals surface area contributed by atoms with Crippen LogP contribution in [0.2, 0.25) is 0 Å². The molecule has 1 aliphatic heterocycles. The molecule has 5 heteroatoms. The van der Waals surface area contributed by atoms with E-state index >= 15 is 0 Å². The average molecular weight is 224 g/mol. The highest BCUT2D eigenvalue weighted by Gasteiger charge is 2.43. The third-order valence-corrected chi connectivity index (χ3v) is 3.37. The van der Waals surface area contributed by atoms with Crippen LogP contribution in [0.4, 0.5) is 4.79 Å². The summed E-state index contributed by atoms with van der Waals surface area (Å²) in [5.74, 6) is -0.512. The van der Waals surface area contributed by atoms with Gasteiger partial charge in [-0.15, -0.1) is 0 Å². The Bertz CT molecular complexity index is 343. The SMILES string of the molecule is CC1CC(C)CC(N2C(=O)NC(=O)C2=O)C1. The van der Waals surface area contributed by atoms with Crippen LogP contribution < -0.4 is 5.32 Å². The van der Waals surface area contributed by atoms with Crippen LogP contribution in [0.15, 0.2) is 0 Å². The fourth-order valence-electron chi connectivity index (χ4n) is 2.86. The Labute approximate surface area is 94.2 Å². The molecule has 1 saturated carbocycles. The van der Waals surface area contributed by atoms with Crippen LogP contribution in [-0.2, 0) is 9.59 Å². The lowest BCUT2D eigenvalue weighted by Crippen LogP contribution is -2.44. The molecule has 2 atom stereocenters. The summed E-state index contributed by atoms with van der Waals surface area (Å²) in [4.78, 5) is 35.2. The lowest BCUT2D eigenvalue weighted by Gasteiger charge is -2.35. The molecule has 4 amide bonds. The van der Waals surface area contributed by atoms with Gasteiger partial charge in [0.15, 0.2) is 0 Å².